The van der Waals surface area contributed by atoms with Gasteiger partial charge in [0.25, 0.3) is 0 Å². The molecular weight excluding hydrogens is 725 g/mol. The molecule has 0 aliphatic heterocycles. The SMILES string of the molecule is CC(C)(C)OC(=O)/N=C(/NCCCC(NC(=O)OC(C)(C)C)C(=O)NCCSSCCNC(=O)CCC(=O)OC[C@@H](O)CO)NC(=O)OC(C)(C)C. The van der Waals surface area contributed by atoms with Crippen molar-refractivity contribution in [3.05, 3.63) is 0 Å². The number of esters is 1. The minimum atomic E-state index is -1.16. The summed E-state index contributed by atoms with van der Waals surface area (Å²) in [7, 11) is 2.94. The number of nitrogens with one attached hydrogen (secondary N) is 5. The maximum Gasteiger partial charge on any atom is 0.437 e. The molecule has 0 aromatic heterocycles. The highest BCUT2D eigenvalue weighted by molar-refractivity contribution is 8.76. The van der Waals surface area contributed by atoms with Crippen LogP contribution in [0.5, 0.6) is 0 Å². The molecule has 0 aromatic carbocycles. The van der Waals surface area contributed by atoms with Gasteiger partial charge in [0, 0.05) is 37.6 Å². The van der Waals surface area contributed by atoms with Crippen LogP contribution in [-0.2, 0) is 33.3 Å². The second-order valence-corrected chi connectivity index (χ2v) is 16.8. The minimum absolute atomic E-state index is 0.0732. The Balaban J connectivity index is 4.92. The predicted octanol–water partition coefficient (Wildman–Crippen LogP) is 2.36. The Kier molecular flexibility index (Phi) is 23.0. The Morgan fingerprint density at radius 2 is 1.29 bits per heavy atom. The first-order chi connectivity index (χ1) is 24.0. The summed E-state index contributed by atoms with van der Waals surface area (Å²) in [4.78, 5) is 77.5. The lowest BCUT2D eigenvalue weighted by atomic mass is 10.1. The number of guanidine groups is 1. The Labute approximate surface area is 313 Å². The number of amides is 5. The van der Waals surface area contributed by atoms with E-state index in [0.717, 1.165) is 0 Å². The quantitative estimate of drug-likeness (QED) is 0.0248. The van der Waals surface area contributed by atoms with Gasteiger partial charge in [0.2, 0.25) is 17.8 Å². The largest absolute Gasteiger partial charge is 0.463 e. The molecule has 18 nitrogen and oxygen atoms in total. The molecule has 0 rings (SSSR count). The molecule has 0 bridgehead atoms. The molecule has 0 aliphatic rings. The van der Waals surface area contributed by atoms with Crippen molar-refractivity contribution < 1.29 is 57.9 Å². The fourth-order valence-electron chi connectivity index (χ4n) is 3.43. The van der Waals surface area contributed by atoms with Gasteiger partial charge in [-0.25, -0.2) is 14.4 Å². The molecule has 0 fully saturated rings. The van der Waals surface area contributed by atoms with E-state index in [-0.39, 0.29) is 50.8 Å². The maximum absolute atomic E-state index is 13.1. The van der Waals surface area contributed by atoms with Gasteiger partial charge in [0.05, 0.1) is 13.0 Å². The Morgan fingerprint density at radius 3 is 1.85 bits per heavy atom. The van der Waals surface area contributed by atoms with Gasteiger partial charge in [-0.3, -0.25) is 19.7 Å². The summed E-state index contributed by atoms with van der Waals surface area (Å²) in [5, 5.41) is 31.2. The van der Waals surface area contributed by atoms with E-state index in [1.54, 1.807) is 62.3 Å². The van der Waals surface area contributed by atoms with E-state index >= 15 is 0 Å². The smallest absolute Gasteiger partial charge is 0.437 e. The molecule has 1 unspecified atom stereocenters. The number of alkyl carbamates (subject to hydrolysis) is 2. The molecule has 52 heavy (non-hydrogen) atoms. The predicted molar refractivity (Wildman–Crippen MR) is 198 cm³/mol. The first-order valence-electron chi connectivity index (χ1n) is 16.8. The Hall–Kier alpha value is -3.49. The lowest BCUT2D eigenvalue weighted by molar-refractivity contribution is -0.148. The average molecular weight is 783 g/mol. The number of hydrogen-bond acceptors (Lipinski definition) is 14. The minimum Gasteiger partial charge on any atom is -0.463 e. The number of carbonyl (C=O) groups excluding carboxylic acids is 6. The van der Waals surface area contributed by atoms with Crippen LogP contribution < -0.4 is 26.6 Å². The number of aliphatic hydroxyl groups is 2. The lowest BCUT2D eigenvalue weighted by Gasteiger charge is -2.23. The van der Waals surface area contributed by atoms with Gasteiger partial charge in [0.15, 0.2) is 0 Å². The molecule has 0 saturated carbocycles. The van der Waals surface area contributed by atoms with Gasteiger partial charge < -0.3 is 50.4 Å². The van der Waals surface area contributed by atoms with Crippen LogP contribution >= 0.6 is 21.6 Å². The molecule has 2 atom stereocenters. The van der Waals surface area contributed by atoms with E-state index in [4.69, 9.17) is 24.1 Å². The van der Waals surface area contributed by atoms with Crippen LogP contribution in [0.25, 0.3) is 0 Å². The number of aliphatic imine (C=N–C) groups is 1. The van der Waals surface area contributed by atoms with E-state index in [2.05, 4.69) is 31.6 Å². The summed E-state index contributed by atoms with van der Waals surface area (Å²) >= 11 is 0. The van der Waals surface area contributed by atoms with Crippen molar-refractivity contribution in [3.8, 4) is 0 Å². The standard InChI is InChI=1S/C32H58N6O12S2/c1-30(2,3)48-27(44)36-22(11-10-14-35-26(37-28(45)49-31(4,5)6)38-29(46)50-32(7,8)9)25(43)34-16-18-52-51-17-15-33-23(41)12-13-24(42)47-20-21(40)19-39/h21-22,39-40H,10-20H2,1-9H3,(H,33,41)(H,34,43)(H,36,44)(H2,35,37,38,45,46)/t21-,22?/m0/s1. The molecule has 300 valence electrons. The molecule has 0 aliphatic carbocycles. The topological polar surface area (TPSA) is 252 Å². The zero-order chi connectivity index (χ0) is 40.0. The summed E-state index contributed by atoms with van der Waals surface area (Å²) in [5.41, 5.74) is -2.42. The van der Waals surface area contributed by atoms with Crippen LogP contribution in [0, 0.1) is 0 Å². The average Bonchev–Trinajstić information content (AvgIpc) is 2.98. The summed E-state index contributed by atoms with van der Waals surface area (Å²) in [6, 6.07) is -0.966. The maximum atomic E-state index is 13.1. The fraction of sp³-hybridized carbons (Fsp3) is 0.781. The van der Waals surface area contributed by atoms with Crippen molar-refractivity contribution in [3.63, 3.8) is 0 Å². The lowest BCUT2D eigenvalue weighted by Crippen LogP contribution is -2.49. The van der Waals surface area contributed by atoms with E-state index in [9.17, 15) is 33.9 Å². The van der Waals surface area contributed by atoms with Gasteiger partial charge >= 0.3 is 24.2 Å². The monoisotopic (exact) mass is 782 g/mol. The molecule has 7 N–H and O–H groups in total. The third kappa shape index (κ3) is 29.1. The van der Waals surface area contributed by atoms with Crippen LogP contribution in [0.2, 0.25) is 0 Å². The zero-order valence-electron chi connectivity index (χ0n) is 31.7. The van der Waals surface area contributed by atoms with Crippen molar-refractivity contribution in [2.45, 2.75) is 117 Å². The Bertz CT molecular complexity index is 1190. The summed E-state index contributed by atoms with van der Waals surface area (Å²) in [6.45, 7) is 15.0. The zero-order valence-corrected chi connectivity index (χ0v) is 33.3. The number of carbonyl (C=O) groups is 6. The van der Waals surface area contributed by atoms with Gasteiger partial charge in [-0.05, 0) is 75.2 Å². The summed E-state index contributed by atoms with van der Waals surface area (Å²) in [5.74, 6) is -0.548. The first kappa shape index (κ1) is 48.5. The normalized spacial score (nSPS) is 13.2. The summed E-state index contributed by atoms with van der Waals surface area (Å²) < 4.78 is 20.5. The number of ether oxygens (including phenoxy) is 4. The molecule has 5 amide bonds. The second-order valence-electron chi connectivity index (χ2n) is 14.1. The van der Waals surface area contributed by atoms with Crippen molar-refractivity contribution >= 4 is 63.6 Å². The van der Waals surface area contributed by atoms with Crippen molar-refractivity contribution in [2.75, 3.05) is 44.4 Å². The van der Waals surface area contributed by atoms with E-state index in [0.29, 0.717) is 24.5 Å². The molecular formula is C32H58N6O12S2. The highest BCUT2D eigenvalue weighted by Crippen LogP contribution is 2.19. The molecule has 0 heterocycles. The third-order valence-electron chi connectivity index (χ3n) is 5.46. The van der Waals surface area contributed by atoms with Crippen LogP contribution in [0.3, 0.4) is 0 Å². The molecule has 0 saturated heterocycles. The number of hydrogen-bond donors (Lipinski definition) is 7. The number of rotatable bonds is 19. The molecule has 0 aromatic rings. The Morgan fingerprint density at radius 1 is 0.731 bits per heavy atom. The van der Waals surface area contributed by atoms with Crippen LogP contribution in [0.4, 0.5) is 14.4 Å². The van der Waals surface area contributed by atoms with Crippen molar-refractivity contribution in [1.82, 2.24) is 26.6 Å². The van der Waals surface area contributed by atoms with Crippen LogP contribution in [-0.4, -0.2) is 126 Å². The number of nitrogens with zero attached hydrogens (tertiary/aromatic N) is 1. The van der Waals surface area contributed by atoms with Crippen molar-refractivity contribution in [1.29, 1.82) is 0 Å². The van der Waals surface area contributed by atoms with E-state index in [1.165, 1.54) is 21.6 Å². The van der Waals surface area contributed by atoms with Gasteiger partial charge in [-0.15, -0.1) is 4.99 Å². The van der Waals surface area contributed by atoms with Crippen molar-refractivity contribution in [2.24, 2.45) is 4.99 Å². The third-order valence-corrected chi connectivity index (χ3v) is 7.87. The van der Waals surface area contributed by atoms with Crippen LogP contribution in [0.15, 0.2) is 4.99 Å². The van der Waals surface area contributed by atoms with Gasteiger partial charge in [-0.1, -0.05) is 21.6 Å². The number of aliphatic hydroxyl groups excluding tert-OH is 2. The van der Waals surface area contributed by atoms with Crippen LogP contribution in [0.1, 0.15) is 88.0 Å². The van der Waals surface area contributed by atoms with Gasteiger partial charge in [-0.2, -0.15) is 0 Å². The molecule has 20 heteroatoms. The molecule has 0 spiro atoms. The van der Waals surface area contributed by atoms with E-state index in [1.807, 2.05) is 0 Å². The molecule has 0 radical (unpaired) electrons. The highest BCUT2D eigenvalue weighted by Gasteiger charge is 2.25. The first-order valence-corrected chi connectivity index (χ1v) is 19.3. The fourth-order valence-corrected chi connectivity index (χ4v) is 5.24. The van der Waals surface area contributed by atoms with Gasteiger partial charge in [0.1, 0.15) is 35.6 Å². The second kappa shape index (κ2) is 24.7. The highest BCUT2D eigenvalue weighted by atomic mass is 33.1. The van der Waals surface area contributed by atoms with E-state index < -0.39 is 65.7 Å². The summed E-state index contributed by atoms with van der Waals surface area (Å²) in [6.07, 6.45) is -3.49.